The fraction of sp³-hybridized carbons (Fsp3) is 0.269. The number of ether oxygens (including phenoxy) is 2. The first-order chi connectivity index (χ1) is 17.2. The number of amides is 1. The molecule has 2 aromatic heterocycles. The van der Waals surface area contributed by atoms with E-state index in [-0.39, 0.29) is 5.91 Å². The van der Waals surface area contributed by atoms with Crippen LogP contribution in [0.4, 0.5) is 22.9 Å². The molecular formula is C26H26N6O3. The van der Waals surface area contributed by atoms with E-state index in [4.69, 9.17) is 14.5 Å². The van der Waals surface area contributed by atoms with Gasteiger partial charge in [-0.1, -0.05) is 12.1 Å². The summed E-state index contributed by atoms with van der Waals surface area (Å²) in [6.45, 7) is 5.67. The molecule has 4 heterocycles. The van der Waals surface area contributed by atoms with E-state index in [9.17, 15) is 4.79 Å². The molecule has 0 bridgehead atoms. The molecule has 6 rings (SSSR count). The van der Waals surface area contributed by atoms with Gasteiger partial charge in [-0.15, -0.1) is 0 Å². The lowest BCUT2D eigenvalue weighted by Gasteiger charge is -2.30. The van der Waals surface area contributed by atoms with Gasteiger partial charge in [0.15, 0.2) is 11.5 Å². The van der Waals surface area contributed by atoms with Crippen molar-refractivity contribution in [3.8, 4) is 17.0 Å². The van der Waals surface area contributed by atoms with Gasteiger partial charge < -0.3 is 29.4 Å². The number of aromatic nitrogens is 3. The van der Waals surface area contributed by atoms with Crippen LogP contribution in [0.15, 0.2) is 55.0 Å². The number of hydrogen-bond acceptors (Lipinski definition) is 7. The number of morpholine rings is 1. The normalized spacial score (nSPS) is 15.2. The fourth-order valence-electron chi connectivity index (χ4n) is 4.59. The van der Waals surface area contributed by atoms with Crippen LogP contribution >= 0.6 is 0 Å². The third kappa shape index (κ3) is 4.15. The lowest BCUT2D eigenvalue weighted by molar-refractivity contribution is -0.115. The summed E-state index contributed by atoms with van der Waals surface area (Å²) in [5, 5.41) is 6.36. The quantitative estimate of drug-likeness (QED) is 0.442. The third-order valence-corrected chi connectivity index (χ3v) is 6.28. The number of carbonyl (C=O) groups is 1. The van der Waals surface area contributed by atoms with Crippen LogP contribution in [-0.4, -0.2) is 53.2 Å². The Kier molecular flexibility index (Phi) is 5.46. The molecule has 2 aliphatic rings. The predicted molar refractivity (Wildman–Crippen MR) is 135 cm³/mol. The zero-order valence-corrected chi connectivity index (χ0v) is 19.5. The number of nitrogens with zero attached hydrogens (tertiary/aromatic N) is 4. The molecule has 0 unspecified atom stereocenters. The molecule has 2 aromatic carbocycles. The molecule has 4 aromatic rings. The summed E-state index contributed by atoms with van der Waals surface area (Å²) in [7, 11) is 0. The molecule has 35 heavy (non-hydrogen) atoms. The van der Waals surface area contributed by atoms with Crippen LogP contribution in [0, 0.1) is 0 Å². The van der Waals surface area contributed by atoms with Crippen LogP contribution in [0.25, 0.3) is 16.9 Å². The molecule has 1 fully saturated rings. The van der Waals surface area contributed by atoms with Gasteiger partial charge in [0.1, 0.15) is 5.75 Å². The molecule has 9 nitrogen and oxygen atoms in total. The van der Waals surface area contributed by atoms with Gasteiger partial charge in [-0.05, 0) is 30.7 Å². The van der Waals surface area contributed by atoms with Crippen LogP contribution in [0.5, 0.6) is 5.75 Å². The highest BCUT2D eigenvalue weighted by Gasteiger charge is 2.20. The zero-order chi connectivity index (χ0) is 23.8. The van der Waals surface area contributed by atoms with Gasteiger partial charge in [-0.2, -0.15) is 0 Å². The third-order valence-electron chi connectivity index (χ3n) is 6.28. The molecule has 1 saturated heterocycles. The molecule has 9 heteroatoms. The van der Waals surface area contributed by atoms with Gasteiger partial charge in [0.05, 0.1) is 37.6 Å². The molecule has 1 amide bonds. The Bertz CT molecular complexity index is 1410. The maximum Gasteiger partial charge on any atom is 0.228 e. The van der Waals surface area contributed by atoms with Gasteiger partial charge in [-0.3, -0.25) is 4.79 Å². The van der Waals surface area contributed by atoms with E-state index in [1.54, 1.807) is 6.20 Å². The molecule has 0 atom stereocenters. The highest BCUT2D eigenvalue weighted by molar-refractivity contribution is 5.99. The number of hydrogen-bond donors (Lipinski definition) is 2. The van der Waals surface area contributed by atoms with Crippen LogP contribution in [0.3, 0.4) is 0 Å². The summed E-state index contributed by atoms with van der Waals surface area (Å²) in [5.41, 5.74) is 6.19. The summed E-state index contributed by atoms with van der Waals surface area (Å²) < 4.78 is 13.4. The summed E-state index contributed by atoms with van der Waals surface area (Å²) in [5.74, 6) is 1.48. The van der Waals surface area contributed by atoms with Gasteiger partial charge in [-0.25, -0.2) is 9.97 Å². The topological polar surface area (TPSA) is 93.0 Å². The average molecular weight is 471 g/mol. The first kappa shape index (κ1) is 21.4. The first-order valence-corrected chi connectivity index (χ1v) is 11.8. The number of anilines is 4. The molecule has 0 saturated carbocycles. The highest BCUT2D eigenvalue weighted by atomic mass is 16.5. The Labute approximate surface area is 202 Å². The van der Waals surface area contributed by atoms with Crippen molar-refractivity contribution in [2.45, 2.75) is 13.3 Å². The number of rotatable bonds is 6. The number of benzene rings is 2. The largest absolute Gasteiger partial charge is 0.492 e. The maximum absolute atomic E-state index is 11.8. The Morgan fingerprint density at radius 2 is 2.06 bits per heavy atom. The standard InChI is InChI=1S/C26H26N6O3/c1-2-35-23-15-19(5-6-22(23)31-9-11-34-12-10-31)28-25-26-27-7-8-32(26)16-21(30-25)17-3-4-18-14-24(33)29-20(18)13-17/h3-8,13,15-16H,2,9-12,14H2,1H3,(H,28,30)(H,29,33). The molecular weight excluding hydrogens is 444 g/mol. The minimum atomic E-state index is 0.0168. The molecule has 2 aliphatic heterocycles. The number of fused-ring (bicyclic) bond motifs is 2. The molecule has 0 radical (unpaired) electrons. The van der Waals surface area contributed by atoms with Crippen molar-refractivity contribution in [3.05, 3.63) is 60.6 Å². The maximum atomic E-state index is 11.8. The Morgan fingerprint density at radius 1 is 1.17 bits per heavy atom. The van der Waals surface area contributed by atoms with E-state index in [0.29, 0.717) is 32.1 Å². The van der Waals surface area contributed by atoms with E-state index in [0.717, 1.165) is 58.4 Å². The van der Waals surface area contributed by atoms with E-state index < -0.39 is 0 Å². The molecule has 2 N–H and O–H groups in total. The number of nitrogens with one attached hydrogen (secondary N) is 2. The van der Waals surface area contributed by atoms with Crippen LogP contribution in [0.1, 0.15) is 12.5 Å². The lowest BCUT2D eigenvalue weighted by Crippen LogP contribution is -2.36. The predicted octanol–water partition coefficient (Wildman–Crippen LogP) is 3.87. The smallest absolute Gasteiger partial charge is 0.228 e. The van der Waals surface area contributed by atoms with Crippen LogP contribution in [-0.2, 0) is 16.0 Å². The van der Waals surface area contributed by atoms with E-state index >= 15 is 0 Å². The SMILES string of the molecule is CCOc1cc(Nc2nc(-c3ccc4c(c3)NC(=O)C4)cn3ccnc23)ccc1N1CCOCC1. The second-order valence-electron chi connectivity index (χ2n) is 8.57. The van der Waals surface area contributed by atoms with Crippen molar-refractivity contribution in [1.29, 1.82) is 0 Å². The number of imidazole rings is 1. The van der Waals surface area contributed by atoms with Crippen molar-refractivity contribution in [2.75, 3.05) is 48.4 Å². The Balaban J connectivity index is 1.35. The van der Waals surface area contributed by atoms with Crippen molar-refractivity contribution >= 4 is 34.4 Å². The zero-order valence-electron chi connectivity index (χ0n) is 19.5. The van der Waals surface area contributed by atoms with Crippen molar-refractivity contribution in [3.63, 3.8) is 0 Å². The summed E-state index contributed by atoms with van der Waals surface area (Å²) in [4.78, 5) is 23.5. The fourth-order valence-corrected chi connectivity index (χ4v) is 4.59. The van der Waals surface area contributed by atoms with E-state index in [2.05, 4.69) is 26.6 Å². The second kappa shape index (κ2) is 8.92. The van der Waals surface area contributed by atoms with Gasteiger partial charge in [0.25, 0.3) is 0 Å². The molecule has 0 aliphatic carbocycles. The molecule has 178 valence electrons. The minimum Gasteiger partial charge on any atom is -0.492 e. The summed E-state index contributed by atoms with van der Waals surface area (Å²) in [6, 6.07) is 12.1. The lowest BCUT2D eigenvalue weighted by atomic mass is 10.1. The van der Waals surface area contributed by atoms with Gasteiger partial charge >= 0.3 is 0 Å². The second-order valence-corrected chi connectivity index (χ2v) is 8.57. The van der Waals surface area contributed by atoms with Crippen molar-refractivity contribution < 1.29 is 14.3 Å². The monoisotopic (exact) mass is 470 g/mol. The van der Waals surface area contributed by atoms with E-state index in [1.807, 2.05) is 54.0 Å². The Hall–Kier alpha value is -4.11. The van der Waals surface area contributed by atoms with Crippen LogP contribution in [0.2, 0.25) is 0 Å². The summed E-state index contributed by atoms with van der Waals surface area (Å²) >= 11 is 0. The van der Waals surface area contributed by atoms with Crippen molar-refractivity contribution in [2.24, 2.45) is 0 Å². The number of carbonyl (C=O) groups excluding carboxylic acids is 1. The van der Waals surface area contributed by atoms with Gasteiger partial charge in [0, 0.05) is 54.7 Å². The van der Waals surface area contributed by atoms with Gasteiger partial charge in [0.2, 0.25) is 5.91 Å². The summed E-state index contributed by atoms with van der Waals surface area (Å²) in [6.07, 6.45) is 6.01. The van der Waals surface area contributed by atoms with E-state index in [1.165, 1.54) is 0 Å². The first-order valence-electron chi connectivity index (χ1n) is 11.8. The van der Waals surface area contributed by atoms with Crippen molar-refractivity contribution in [1.82, 2.24) is 14.4 Å². The van der Waals surface area contributed by atoms with Crippen LogP contribution < -0.4 is 20.3 Å². The Morgan fingerprint density at radius 3 is 2.91 bits per heavy atom. The molecule has 0 spiro atoms. The highest BCUT2D eigenvalue weighted by Crippen LogP contribution is 2.34. The average Bonchev–Trinajstić information content (AvgIpc) is 3.50. The minimum absolute atomic E-state index is 0.0168.